The quantitative estimate of drug-likeness (QED) is 0.722. The number of aryl methyl sites for hydroxylation is 2. The van der Waals surface area contributed by atoms with Gasteiger partial charge in [-0.2, -0.15) is 0 Å². The van der Waals surface area contributed by atoms with Crippen LogP contribution in [0.2, 0.25) is 0 Å². The highest BCUT2D eigenvalue weighted by atomic mass is 15.2. The first-order valence-corrected chi connectivity index (χ1v) is 9.40. The molecule has 3 aromatic heterocycles. The summed E-state index contributed by atoms with van der Waals surface area (Å²) in [5.74, 6) is 2.94. The molecule has 0 saturated carbocycles. The van der Waals surface area contributed by atoms with Crippen molar-refractivity contribution in [3.05, 3.63) is 54.0 Å². The summed E-state index contributed by atoms with van der Waals surface area (Å²) < 4.78 is 2.08. The van der Waals surface area contributed by atoms with Crippen molar-refractivity contribution in [1.29, 1.82) is 0 Å². The van der Waals surface area contributed by atoms with Crippen LogP contribution in [0.15, 0.2) is 36.9 Å². The smallest absolute Gasteiger partial charge is 0.161 e. The van der Waals surface area contributed by atoms with Gasteiger partial charge in [0, 0.05) is 69.5 Å². The summed E-state index contributed by atoms with van der Waals surface area (Å²) in [6.45, 7) is 2.70. The second-order valence-corrected chi connectivity index (χ2v) is 6.94. The maximum Gasteiger partial charge on any atom is 0.161 e. The molecule has 0 spiro atoms. The van der Waals surface area contributed by atoms with Gasteiger partial charge in [-0.05, 0) is 31.5 Å². The fourth-order valence-electron chi connectivity index (χ4n) is 3.50. The predicted molar refractivity (Wildman–Crippen MR) is 105 cm³/mol. The summed E-state index contributed by atoms with van der Waals surface area (Å²) in [6.07, 6.45) is 10.4. The van der Waals surface area contributed by atoms with Crippen molar-refractivity contribution in [3.8, 4) is 11.4 Å². The number of aromatic nitrogens is 5. The van der Waals surface area contributed by atoms with Gasteiger partial charge in [0.2, 0.25) is 0 Å². The predicted octanol–water partition coefficient (Wildman–Crippen LogP) is 1.99. The van der Waals surface area contributed by atoms with E-state index in [0.717, 1.165) is 67.6 Å². The van der Waals surface area contributed by atoms with Crippen LogP contribution in [0.4, 0.5) is 5.82 Å². The van der Waals surface area contributed by atoms with Crippen LogP contribution in [0.5, 0.6) is 0 Å². The SMILES string of the molecule is CN(CCCc1nccn1C)c1nc(-c2ccncc2)nc2c1CCNC2. The van der Waals surface area contributed by atoms with E-state index >= 15 is 0 Å². The third-order valence-electron chi connectivity index (χ3n) is 5.03. The Labute approximate surface area is 159 Å². The molecule has 0 saturated heterocycles. The van der Waals surface area contributed by atoms with Crippen LogP contribution in [-0.2, 0) is 26.4 Å². The number of anilines is 1. The molecule has 0 atom stereocenters. The van der Waals surface area contributed by atoms with E-state index in [1.54, 1.807) is 12.4 Å². The average Bonchev–Trinajstić information content (AvgIpc) is 3.12. The van der Waals surface area contributed by atoms with Gasteiger partial charge < -0.3 is 14.8 Å². The summed E-state index contributed by atoms with van der Waals surface area (Å²) >= 11 is 0. The molecule has 0 fully saturated rings. The van der Waals surface area contributed by atoms with E-state index < -0.39 is 0 Å². The lowest BCUT2D eigenvalue weighted by Crippen LogP contribution is -2.30. The Hall–Kier alpha value is -2.80. The molecule has 0 aliphatic carbocycles. The Kier molecular flexibility index (Phi) is 5.11. The third-order valence-corrected chi connectivity index (χ3v) is 5.03. The van der Waals surface area contributed by atoms with Crippen LogP contribution in [-0.4, -0.2) is 44.6 Å². The highest BCUT2D eigenvalue weighted by Crippen LogP contribution is 2.27. The van der Waals surface area contributed by atoms with Gasteiger partial charge in [0.1, 0.15) is 11.6 Å². The molecule has 4 rings (SSSR count). The number of nitrogens with one attached hydrogen (secondary N) is 1. The largest absolute Gasteiger partial charge is 0.359 e. The zero-order valence-corrected chi connectivity index (χ0v) is 15.9. The molecular formula is C20H25N7. The van der Waals surface area contributed by atoms with Crippen molar-refractivity contribution in [1.82, 2.24) is 29.8 Å². The van der Waals surface area contributed by atoms with Crippen LogP contribution in [0.3, 0.4) is 0 Å². The molecule has 27 heavy (non-hydrogen) atoms. The topological polar surface area (TPSA) is 71.8 Å². The molecule has 0 amide bonds. The van der Waals surface area contributed by atoms with Crippen molar-refractivity contribution in [3.63, 3.8) is 0 Å². The monoisotopic (exact) mass is 363 g/mol. The van der Waals surface area contributed by atoms with Gasteiger partial charge in [0.05, 0.1) is 5.69 Å². The Bertz CT molecular complexity index is 904. The highest BCUT2D eigenvalue weighted by Gasteiger charge is 2.20. The van der Waals surface area contributed by atoms with Crippen molar-refractivity contribution in [2.75, 3.05) is 25.0 Å². The van der Waals surface area contributed by atoms with Gasteiger partial charge >= 0.3 is 0 Å². The Morgan fingerprint density at radius 3 is 2.81 bits per heavy atom. The summed E-state index contributed by atoms with van der Waals surface area (Å²) in [5, 5.41) is 3.42. The molecule has 7 nitrogen and oxygen atoms in total. The van der Waals surface area contributed by atoms with Crippen molar-refractivity contribution in [2.45, 2.75) is 25.8 Å². The Morgan fingerprint density at radius 1 is 1.19 bits per heavy atom. The molecule has 7 heteroatoms. The summed E-state index contributed by atoms with van der Waals surface area (Å²) in [5.41, 5.74) is 3.38. The lowest BCUT2D eigenvalue weighted by Gasteiger charge is -2.26. The van der Waals surface area contributed by atoms with Gasteiger partial charge in [-0.25, -0.2) is 15.0 Å². The number of rotatable bonds is 6. The van der Waals surface area contributed by atoms with Crippen molar-refractivity contribution < 1.29 is 0 Å². The van der Waals surface area contributed by atoms with E-state index in [1.807, 2.05) is 31.6 Å². The molecule has 0 aromatic carbocycles. The van der Waals surface area contributed by atoms with Crippen LogP contribution in [0.1, 0.15) is 23.5 Å². The van der Waals surface area contributed by atoms with Gasteiger partial charge in [-0.15, -0.1) is 0 Å². The Balaban J connectivity index is 1.57. The minimum atomic E-state index is 0.769. The number of fused-ring (bicyclic) bond motifs is 1. The molecule has 0 bridgehead atoms. The molecule has 3 aromatic rings. The molecule has 140 valence electrons. The minimum absolute atomic E-state index is 0.769. The van der Waals surface area contributed by atoms with Crippen LogP contribution in [0.25, 0.3) is 11.4 Å². The van der Waals surface area contributed by atoms with Crippen LogP contribution in [0, 0.1) is 0 Å². The minimum Gasteiger partial charge on any atom is -0.359 e. The van der Waals surface area contributed by atoms with Gasteiger partial charge in [0.15, 0.2) is 5.82 Å². The highest BCUT2D eigenvalue weighted by molar-refractivity contribution is 5.60. The molecule has 1 aliphatic rings. The molecule has 0 unspecified atom stereocenters. The van der Waals surface area contributed by atoms with E-state index in [0.29, 0.717) is 0 Å². The molecule has 1 N–H and O–H groups in total. The van der Waals surface area contributed by atoms with Crippen LogP contribution >= 0.6 is 0 Å². The molecular weight excluding hydrogens is 338 g/mol. The first-order chi connectivity index (χ1) is 13.2. The first-order valence-electron chi connectivity index (χ1n) is 9.40. The first kappa shape index (κ1) is 17.6. The van der Waals surface area contributed by atoms with Crippen molar-refractivity contribution in [2.24, 2.45) is 7.05 Å². The Morgan fingerprint density at radius 2 is 2.04 bits per heavy atom. The fraction of sp³-hybridized carbons (Fsp3) is 0.400. The number of pyridine rings is 1. The number of imidazole rings is 1. The second-order valence-electron chi connectivity index (χ2n) is 6.94. The number of hydrogen-bond acceptors (Lipinski definition) is 6. The number of hydrogen-bond donors (Lipinski definition) is 1. The fourth-order valence-corrected chi connectivity index (χ4v) is 3.50. The van der Waals surface area contributed by atoms with Gasteiger partial charge in [-0.1, -0.05) is 0 Å². The van der Waals surface area contributed by atoms with Gasteiger partial charge in [-0.3, -0.25) is 4.98 Å². The molecule has 1 aliphatic heterocycles. The average molecular weight is 363 g/mol. The van der Waals surface area contributed by atoms with Gasteiger partial charge in [0.25, 0.3) is 0 Å². The zero-order valence-electron chi connectivity index (χ0n) is 15.9. The molecule has 4 heterocycles. The normalized spacial score (nSPS) is 13.4. The zero-order chi connectivity index (χ0) is 18.6. The third kappa shape index (κ3) is 3.83. The van der Waals surface area contributed by atoms with E-state index in [1.165, 1.54) is 5.56 Å². The summed E-state index contributed by atoms with van der Waals surface area (Å²) in [4.78, 5) is 20.5. The van der Waals surface area contributed by atoms with Crippen LogP contribution < -0.4 is 10.2 Å². The number of nitrogens with zero attached hydrogens (tertiary/aromatic N) is 6. The van der Waals surface area contributed by atoms with Crippen molar-refractivity contribution >= 4 is 5.82 Å². The lowest BCUT2D eigenvalue weighted by atomic mass is 10.1. The summed E-state index contributed by atoms with van der Waals surface area (Å²) in [7, 11) is 4.17. The van der Waals surface area contributed by atoms with E-state index in [4.69, 9.17) is 9.97 Å². The van der Waals surface area contributed by atoms with E-state index in [9.17, 15) is 0 Å². The molecule has 0 radical (unpaired) electrons. The standard InChI is InChI=1S/C20H25N7/c1-26-13-11-23-18(26)4-3-12-27(2)20-16-7-10-22-14-17(16)24-19(25-20)15-5-8-21-9-6-15/h5-6,8-9,11,13,22H,3-4,7,10,12,14H2,1-2H3. The maximum absolute atomic E-state index is 4.93. The van der Waals surface area contributed by atoms with E-state index in [-0.39, 0.29) is 0 Å². The maximum atomic E-state index is 4.93. The lowest BCUT2D eigenvalue weighted by molar-refractivity contribution is 0.620. The second kappa shape index (κ2) is 7.84. The van der Waals surface area contributed by atoms with E-state index in [2.05, 4.69) is 31.8 Å². The summed E-state index contributed by atoms with van der Waals surface area (Å²) in [6, 6.07) is 3.92.